The summed E-state index contributed by atoms with van der Waals surface area (Å²) >= 11 is 0. The Labute approximate surface area is 101 Å². The Kier molecular flexibility index (Phi) is 2.71. The molecular weight excluding hydrogens is 238 g/mol. The van der Waals surface area contributed by atoms with Gasteiger partial charge in [0.2, 0.25) is 0 Å². The Morgan fingerprint density at radius 1 is 1.47 bits per heavy atom. The molecule has 0 aliphatic carbocycles. The van der Waals surface area contributed by atoms with E-state index in [1.54, 1.807) is 0 Å². The predicted molar refractivity (Wildman–Crippen MR) is 64.6 cm³/mol. The Bertz CT molecular complexity index is 521. The molecule has 0 radical (unpaired) electrons. The van der Waals surface area contributed by atoms with Crippen molar-refractivity contribution in [2.45, 2.75) is 31.8 Å². The van der Waals surface area contributed by atoms with Crippen LogP contribution in [0, 0.1) is 0 Å². The zero-order valence-corrected chi connectivity index (χ0v) is 10.5. The van der Waals surface area contributed by atoms with Crippen LogP contribution in [0.15, 0.2) is 6.20 Å². The van der Waals surface area contributed by atoms with E-state index < -0.39 is 9.84 Å². The highest BCUT2D eigenvalue weighted by atomic mass is 32.2. The minimum Gasteiger partial charge on any atom is -0.312 e. The second-order valence-corrected chi connectivity index (χ2v) is 7.13. The lowest BCUT2D eigenvalue weighted by atomic mass is 10.1. The second-order valence-electron chi connectivity index (χ2n) is 4.90. The summed E-state index contributed by atoms with van der Waals surface area (Å²) in [7, 11) is -2.86. The number of fused-ring (bicyclic) bond motifs is 1. The van der Waals surface area contributed by atoms with Crippen LogP contribution in [0.2, 0.25) is 0 Å². The first-order valence-electron chi connectivity index (χ1n) is 6.12. The summed E-state index contributed by atoms with van der Waals surface area (Å²) in [4.78, 5) is 0. The number of hydrogen-bond donors (Lipinski definition) is 1. The summed E-state index contributed by atoms with van der Waals surface area (Å²) in [5, 5.41) is 7.70. The first-order chi connectivity index (χ1) is 8.16. The Hall–Kier alpha value is -0.880. The molecule has 17 heavy (non-hydrogen) atoms. The van der Waals surface area contributed by atoms with Crippen LogP contribution in [-0.4, -0.2) is 36.2 Å². The van der Waals surface area contributed by atoms with Gasteiger partial charge in [-0.1, -0.05) is 0 Å². The largest absolute Gasteiger partial charge is 0.312 e. The summed E-state index contributed by atoms with van der Waals surface area (Å²) < 4.78 is 25.3. The fraction of sp³-hybridized carbons (Fsp3) is 0.727. The van der Waals surface area contributed by atoms with Crippen LogP contribution in [0.4, 0.5) is 0 Å². The fourth-order valence-electron chi connectivity index (χ4n) is 2.78. The Balaban J connectivity index is 1.91. The van der Waals surface area contributed by atoms with Crippen molar-refractivity contribution in [3.63, 3.8) is 0 Å². The standard InChI is InChI=1S/C11H17N3O2S/c15-17(16)5-1-2-10(8-17)14-11-3-4-12-6-9(11)7-13-14/h7,10,12H,1-6,8H2. The molecule has 1 saturated heterocycles. The molecule has 94 valence electrons. The van der Waals surface area contributed by atoms with E-state index in [0.717, 1.165) is 32.4 Å². The molecular formula is C11H17N3O2S. The topological polar surface area (TPSA) is 64.0 Å². The number of nitrogens with zero attached hydrogens (tertiary/aromatic N) is 2. The van der Waals surface area contributed by atoms with Crippen molar-refractivity contribution >= 4 is 9.84 Å². The molecule has 0 aromatic carbocycles. The third kappa shape index (κ3) is 2.11. The van der Waals surface area contributed by atoms with Gasteiger partial charge in [-0.25, -0.2) is 8.42 Å². The molecule has 2 aliphatic heterocycles. The van der Waals surface area contributed by atoms with Crippen molar-refractivity contribution in [2.75, 3.05) is 18.1 Å². The van der Waals surface area contributed by atoms with E-state index in [1.165, 1.54) is 11.3 Å². The van der Waals surface area contributed by atoms with Gasteiger partial charge >= 0.3 is 0 Å². The molecule has 1 unspecified atom stereocenters. The van der Waals surface area contributed by atoms with E-state index in [0.29, 0.717) is 5.75 Å². The molecule has 2 aliphatic rings. The van der Waals surface area contributed by atoms with Gasteiger partial charge in [0.1, 0.15) is 0 Å². The minimum absolute atomic E-state index is 0.0515. The van der Waals surface area contributed by atoms with Gasteiger partial charge < -0.3 is 5.32 Å². The highest BCUT2D eigenvalue weighted by molar-refractivity contribution is 7.91. The average molecular weight is 255 g/mol. The van der Waals surface area contributed by atoms with Crippen molar-refractivity contribution in [2.24, 2.45) is 0 Å². The van der Waals surface area contributed by atoms with Crippen LogP contribution < -0.4 is 5.32 Å². The zero-order chi connectivity index (χ0) is 11.9. The van der Waals surface area contributed by atoms with Crippen molar-refractivity contribution < 1.29 is 8.42 Å². The van der Waals surface area contributed by atoms with Crippen molar-refractivity contribution in [1.82, 2.24) is 15.1 Å². The van der Waals surface area contributed by atoms with Crippen molar-refractivity contribution in [3.05, 3.63) is 17.5 Å². The SMILES string of the molecule is O=S1(=O)CCCC(n2ncc3c2CCNC3)C1. The molecule has 1 aromatic rings. The van der Waals surface area contributed by atoms with E-state index in [1.807, 2.05) is 10.9 Å². The number of nitrogens with one attached hydrogen (secondary N) is 1. The molecule has 0 amide bonds. The molecule has 5 nitrogen and oxygen atoms in total. The summed E-state index contributed by atoms with van der Waals surface area (Å²) in [6.45, 7) is 1.81. The lowest BCUT2D eigenvalue weighted by Gasteiger charge is -2.25. The molecule has 0 spiro atoms. The average Bonchev–Trinajstić information content (AvgIpc) is 2.71. The summed E-state index contributed by atoms with van der Waals surface area (Å²) in [6.07, 6.45) is 4.52. The van der Waals surface area contributed by atoms with Crippen LogP contribution in [-0.2, 0) is 22.8 Å². The summed E-state index contributed by atoms with van der Waals surface area (Å²) in [5.41, 5.74) is 2.45. The number of rotatable bonds is 1. The van der Waals surface area contributed by atoms with Gasteiger partial charge in [-0.3, -0.25) is 4.68 Å². The molecule has 3 rings (SSSR count). The molecule has 0 bridgehead atoms. The van der Waals surface area contributed by atoms with Gasteiger partial charge in [-0.15, -0.1) is 0 Å². The van der Waals surface area contributed by atoms with Gasteiger partial charge in [-0.05, 0) is 12.8 Å². The maximum atomic E-state index is 11.7. The first-order valence-corrected chi connectivity index (χ1v) is 7.94. The molecule has 3 heterocycles. The van der Waals surface area contributed by atoms with Crippen molar-refractivity contribution in [1.29, 1.82) is 0 Å². The van der Waals surface area contributed by atoms with E-state index in [-0.39, 0.29) is 11.8 Å². The van der Waals surface area contributed by atoms with Crippen LogP contribution in [0.5, 0.6) is 0 Å². The normalized spacial score (nSPS) is 27.6. The Morgan fingerprint density at radius 3 is 3.18 bits per heavy atom. The fourth-order valence-corrected chi connectivity index (χ4v) is 4.45. The molecule has 6 heteroatoms. The third-order valence-electron chi connectivity index (χ3n) is 3.62. The van der Waals surface area contributed by atoms with Crippen LogP contribution in [0.1, 0.15) is 30.1 Å². The Morgan fingerprint density at radius 2 is 2.35 bits per heavy atom. The van der Waals surface area contributed by atoms with Crippen LogP contribution in [0.25, 0.3) is 0 Å². The summed E-state index contributed by atoms with van der Waals surface area (Å²) in [5.74, 6) is 0.600. The molecule has 1 fully saturated rings. The van der Waals surface area contributed by atoms with Gasteiger partial charge in [0.25, 0.3) is 0 Å². The summed E-state index contributed by atoms with van der Waals surface area (Å²) in [6, 6.07) is 0.0515. The highest BCUT2D eigenvalue weighted by Crippen LogP contribution is 2.26. The van der Waals surface area contributed by atoms with E-state index >= 15 is 0 Å². The van der Waals surface area contributed by atoms with Crippen LogP contribution >= 0.6 is 0 Å². The maximum Gasteiger partial charge on any atom is 0.152 e. The van der Waals surface area contributed by atoms with E-state index in [4.69, 9.17) is 0 Å². The third-order valence-corrected chi connectivity index (χ3v) is 5.43. The number of sulfone groups is 1. The minimum atomic E-state index is -2.86. The molecule has 1 atom stereocenters. The quantitative estimate of drug-likeness (QED) is 0.783. The van der Waals surface area contributed by atoms with Gasteiger partial charge in [-0.2, -0.15) is 5.10 Å². The van der Waals surface area contributed by atoms with E-state index in [2.05, 4.69) is 10.4 Å². The van der Waals surface area contributed by atoms with Crippen LogP contribution in [0.3, 0.4) is 0 Å². The molecule has 0 saturated carbocycles. The van der Waals surface area contributed by atoms with Gasteiger partial charge in [0.15, 0.2) is 9.84 Å². The number of aromatic nitrogens is 2. The van der Waals surface area contributed by atoms with E-state index in [9.17, 15) is 8.42 Å². The zero-order valence-electron chi connectivity index (χ0n) is 9.72. The lowest BCUT2D eigenvalue weighted by molar-refractivity contribution is 0.417. The van der Waals surface area contributed by atoms with Gasteiger partial charge in [0, 0.05) is 30.8 Å². The molecule has 1 aromatic heterocycles. The van der Waals surface area contributed by atoms with Crippen molar-refractivity contribution in [3.8, 4) is 0 Å². The molecule has 1 N–H and O–H groups in total. The predicted octanol–water partition coefficient (Wildman–Crippen LogP) is 0.279. The lowest BCUT2D eigenvalue weighted by Crippen LogP contribution is -2.31. The highest BCUT2D eigenvalue weighted by Gasteiger charge is 2.29. The first kappa shape index (κ1) is 11.2. The maximum absolute atomic E-state index is 11.7. The van der Waals surface area contributed by atoms with Gasteiger partial charge in [0.05, 0.1) is 23.7 Å². The number of hydrogen-bond acceptors (Lipinski definition) is 4. The second kappa shape index (κ2) is 4.10. The smallest absolute Gasteiger partial charge is 0.152 e. The monoisotopic (exact) mass is 255 g/mol.